The number of nitrogens with zero attached hydrogens (tertiary/aromatic N) is 2. The highest BCUT2D eigenvalue weighted by Gasteiger charge is 2.21. The van der Waals surface area contributed by atoms with Crippen LogP contribution in [0.3, 0.4) is 0 Å². The van der Waals surface area contributed by atoms with E-state index in [9.17, 15) is 39.6 Å². The number of rotatable bonds is 9. The van der Waals surface area contributed by atoms with Gasteiger partial charge in [0.2, 0.25) is 0 Å². The van der Waals surface area contributed by atoms with E-state index in [4.69, 9.17) is 0 Å². The standard InChI is InChI=1S/C15H25N3.2C4H4O4/c1-17(2)11-8-15(14-6-4-3-5-7-14)18-12-9-16-10-13-18;2*5-3(6)1-2-4(7)8/h3-7,15-16H,8-13H2,1-2H3;2*1-2H,(H,5,6)(H,7,8)/p-4/b;2*2-1-. The molecule has 1 saturated heterocycles. The molecule has 1 aliphatic heterocycles. The van der Waals surface area contributed by atoms with Gasteiger partial charge in [0, 0.05) is 32.2 Å². The van der Waals surface area contributed by atoms with Crippen molar-refractivity contribution in [2.24, 2.45) is 0 Å². The summed E-state index contributed by atoms with van der Waals surface area (Å²) in [6.45, 7) is 5.69. The van der Waals surface area contributed by atoms with Gasteiger partial charge in [0.25, 0.3) is 0 Å². The van der Waals surface area contributed by atoms with E-state index in [1.165, 1.54) is 12.0 Å². The summed E-state index contributed by atoms with van der Waals surface area (Å²) in [6.07, 6.45) is 2.74. The van der Waals surface area contributed by atoms with Crippen LogP contribution in [0.4, 0.5) is 0 Å². The zero-order valence-corrected chi connectivity index (χ0v) is 19.2. The maximum absolute atomic E-state index is 9.41. The Morgan fingerprint density at radius 1 is 0.853 bits per heavy atom. The van der Waals surface area contributed by atoms with Crippen LogP contribution in [0, 0.1) is 0 Å². The van der Waals surface area contributed by atoms with Crippen molar-refractivity contribution in [3.8, 4) is 0 Å². The third-order valence-corrected chi connectivity index (χ3v) is 4.34. The zero-order valence-electron chi connectivity index (χ0n) is 19.2. The molecule has 11 nitrogen and oxygen atoms in total. The summed E-state index contributed by atoms with van der Waals surface area (Å²) in [5.41, 5.74) is 1.46. The molecule has 188 valence electrons. The van der Waals surface area contributed by atoms with Crippen LogP contribution in [-0.4, -0.2) is 80.5 Å². The molecule has 1 heterocycles. The molecular weight excluding hydrogens is 446 g/mol. The molecule has 1 atom stereocenters. The number of carboxylic acids is 4. The topological polar surface area (TPSA) is 179 Å². The molecule has 0 aliphatic carbocycles. The Labute approximate surface area is 198 Å². The highest BCUT2D eigenvalue weighted by Crippen LogP contribution is 2.24. The Bertz CT molecular complexity index is 753. The lowest BCUT2D eigenvalue weighted by atomic mass is 10.0. The number of carbonyl (C=O) groups is 4. The van der Waals surface area contributed by atoms with Gasteiger partial charge in [0.15, 0.2) is 0 Å². The van der Waals surface area contributed by atoms with Crippen LogP contribution in [0.5, 0.6) is 0 Å². The quantitative estimate of drug-likeness (QED) is 0.341. The lowest BCUT2D eigenvalue weighted by Gasteiger charge is -2.35. The lowest BCUT2D eigenvalue weighted by Crippen LogP contribution is -2.45. The lowest BCUT2D eigenvalue weighted by molar-refractivity contribution is -0.301. The number of carbonyl (C=O) groups excluding carboxylic acids is 4. The van der Waals surface area contributed by atoms with Gasteiger partial charge < -0.3 is 49.8 Å². The van der Waals surface area contributed by atoms with Crippen LogP contribution in [0.1, 0.15) is 18.0 Å². The Balaban J connectivity index is 0.000000570. The summed E-state index contributed by atoms with van der Waals surface area (Å²) < 4.78 is 0. The highest BCUT2D eigenvalue weighted by atomic mass is 16.4. The van der Waals surface area contributed by atoms with Crippen LogP contribution in [0.2, 0.25) is 0 Å². The van der Waals surface area contributed by atoms with Gasteiger partial charge in [0.05, 0.1) is 23.9 Å². The first kappa shape index (κ1) is 30.5. The molecule has 1 aliphatic rings. The van der Waals surface area contributed by atoms with Gasteiger partial charge in [-0.25, -0.2) is 0 Å². The number of hydrogen-bond donors (Lipinski definition) is 1. The monoisotopic (exact) mass is 475 g/mol. The molecule has 1 aromatic carbocycles. The maximum Gasteiger partial charge on any atom is 0.0643 e. The first-order valence-corrected chi connectivity index (χ1v) is 10.4. The minimum atomic E-state index is -1.55. The molecule has 34 heavy (non-hydrogen) atoms. The fraction of sp³-hybridized carbons (Fsp3) is 0.391. The average molecular weight is 475 g/mol. The Kier molecular flexibility index (Phi) is 16.1. The maximum atomic E-state index is 9.41. The zero-order chi connectivity index (χ0) is 25.9. The summed E-state index contributed by atoms with van der Waals surface area (Å²) in [5.74, 6) is -6.19. The summed E-state index contributed by atoms with van der Waals surface area (Å²) in [4.78, 5) is 42.6. The van der Waals surface area contributed by atoms with E-state index in [1.807, 2.05) is 0 Å². The molecular formula is C23H29N3O8-4. The van der Waals surface area contributed by atoms with Crippen LogP contribution in [0.15, 0.2) is 54.6 Å². The number of aliphatic carboxylic acids is 4. The first-order chi connectivity index (χ1) is 16.0. The van der Waals surface area contributed by atoms with Crippen molar-refractivity contribution in [2.75, 3.05) is 46.8 Å². The SMILES string of the molecule is CN(C)CCC(c1ccccc1)N1CCNCC1.O=C([O-])/C=C\C(=O)[O-].O=C([O-])/C=C\C(=O)[O-]. The number of hydrogen-bond acceptors (Lipinski definition) is 11. The minimum absolute atomic E-state index is 0.384. The van der Waals surface area contributed by atoms with E-state index >= 15 is 0 Å². The van der Waals surface area contributed by atoms with E-state index < -0.39 is 23.9 Å². The molecule has 0 radical (unpaired) electrons. The molecule has 0 bridgehead atoms. The van der Waals surface area contributed by atoms with Crippen molar-refractivity contribution in [3.63, 3.8) is 0 Å². The van der Waals surface area contributed by atoms with Crippen molar-refractivity contribution in [2.45, 2.75) is 12.5 Å². The molecule has 0 spiro atoms. The normalized spacial score (nSPS) is 14.6. The number of carboxylic acid groups (broad SMARTS) is 4. The molecule has 1 unspecified atom stereocenters. The van der Waals surface area contributed by atoms with Gasteiger partial charge in [-0.3, -0.25) is 4.90 Å². The predicted molar refractivity (Wildman–Crippen MR) is 115 cm³/mol. The van der Waals surface area contributed by atoms with Crippen molar-refractivity contribution < 1.29 is 39.6 Å². The van der Waals surface area contributed by atoms with Crippen LogP contribution in [0.25, 0.3) is 0 Å². The smallest absolute Gasteiger partial charge is 0.0643 e. The van der Waals surface area contributed by atoms with E-state index in [0.717, 1.165) is 32.7 Å². The molecule has 0 amide bonds. The first-order valence-electron chi connectivity index (χ1n) is 10.4. The van der Waals surface area contributed by atoms with Gasteiger partial charge in [-0.05, 0) is 56.9 Å². The molecule has 11 heteroatoms. The van der Waals surface area contributed by atoms with Gasteiger partial charge in [-0.15, -0.1) is 0 Å². The third-order valence-electron chi connectivity index (χ3n) is 4.34. The summed E-state index contributed by atoms with van der Waals surface area (Å²) in [5, 5.41) is 41.1. The number of benzene rings is 1. The third kappa shape index (κ3) is 17.1. The van der Waals surface area contributed by atoms with Crippen LogP contribution >= 0.6 is 0 Å². The van der Waals surface area contributed by atoms with Crippen molar-refractivity contribution in [1.82, 2.24) is 15.1 Å². The summed E-state index contributed by atoms with van der Waals surface area (Å²) in [7, 11) is 4.31. The van der Waals surface area contributed by atoms with Crippen molar-refractivity contribution >= 4 is 23.9 Å². The van der Waals surface area contributed by atoms with Gasteiger partial charge in [-0.2, -0.15) is 0 Å². The second-order valence-electron chi connectivity index (χ2n) is 7.25. The minimum Gasteiger partial charge on any atom is -0.545 e. The fourth-order valence-electron chi connectivity index (χ4n) is 2.88. The second-order valence-corrected chi connectivity index (χ2v) is 7.25. The van der Waals surface area contributed by atoms with E-state index in [0.29, 0.717) is 30.3 Å². The Morgan fingerprint density at radius 3 is 1.62 bits per heavy atom. The second kappa shape index (κ2) is 18.0. The van der Waals surface area contributed by atoms with Crippen LogP contribution in [-0.2, 0) is 19.2 Å². The van der Waals surface area contributed by atoms with E-state index in [1.54, 1.807) is 0 Å². The fourth-order valence-corrected chi connectivity index (χ4v) is 2.88. The molecule has 1 aromatic rings. The summed E-state index contributed by atoms with van der Waals surface area (Å²) >= 11 is 0. The number of nitrogens with one attached hydrogen (secondary N) is 1. The highest BCUT2D eigenvalue weighted by molar-refractivity contribution is 5.88. The van der Waals surface area contributed by atoms with Crippen molar-refractivity contribution in [1.29, 1.82) is 0 Å². The predicted octanol–water partition coefficient (Wildman–Crippen LogP) is -4.33. The largest absolute Gasteiger partial charge is 0.545 e. The van der Waals surface area contributed by atoms with Gasteiger partial charge in [0.1, 0.15) is 0 Å². The molecule has 1 fully saturated rings. The molecule has 0 aromatic heterocycles. The van der Waals surface area contributed by atoms with Crippen LogP contribution < -0.4 is 25.7 Å². The Hall–Kier alpha value is -3.54. The average Bonchev–Trinajstić information content (AvgIpc) is 2.78. The van der Waals surface area contributed by atoms with Crippen molar-refractivity contribution in [3.05, 3.63) is 60.2 Å². The molecule has 0 saturated carbocycles. The molecule has 1 N–H and O–H groups in total. The number of piperazine rings is 1. The Morgan fingerprint density at radius 2 is 1.26 bits per heavy atom. The van der Waals surface area contributed by atoms with Gasteiger partial charge in [-0.1, -0.05) is 30.3 Å². The van der Waals surface area contributed by atoms with Gasteiger partial charge >= 0.3 is 0 Å². The van der Waals surface area contributed by atoms with E-state index in [-0.39, 0.29) is 0 Å². The molecule has 2 rings (SSSR count). The van der Waals surface area contributed by atoms with E-state index in [2.05, 4.69) is 59.5 Å². The summed E-state index contributed by atoms with van der Waals surface area (Å²) in [6, 6.07) is 11.5.